The number of fused-ring (bicyclic) bond motifs is 1. The Kier molecular flexibility index (Phi) is 2.62. The fraction of sp³-hybridized carbons (Fsp3) is 0.231. The van der Waals surface area contributed by atoms with Gasteiger partial charge in [-0.1, -0.05) is 43.3 Å². The van der Waals surface area contributed by atoms with E-state index >= 15 is 0 Å². The molecule has 0 aliphatic carbocycles. The van der Waals surface area contributed by atoms with Crippen LogP contribution in [0.4, 0.5) is 13.2 Å². The molecule has 0 aliphatic heterocycles. The second-order valence-electron chi connectivity index (χ2n) is 3.67. The predicted molar refractivity (Wildman–Crippen MR) is 58.3 cm³/mol. The van der Waals surface area contributed by atoms with Crippen molar-refractivity contribution in [2.24, 2.45) is 0 Å². The standard InChI is InChI=1S/C13H11F3/c1-2-9-7-8-10-5-3-4-6-11(10)12(9)13(14,15)16/h3-8H,2H2,1H3. The van der Waals surface area contributed by atoms with Crippen molar-refractivity contribution < 1.29 is 13.2 Å². The van der Waals surface area contributed by atoms with E-state index in [1.807, 2.05) is 0 Å². The van der Waals surface area contributed by atoms with Crippen LogP contribution in [0.3, 0.4) is 0 Å². The maximum Gasteiger partial charge on any atom is 0.417 e. The molecule has 0 saturated heterocycles. The summed E-state index contributed by atoms with van der Waals surface area (Å²) in [6.45, 7) is 1.74. The van der Waals surface area contributed by atoms with Gasteiger partial charge in [0, 0.05) is 0 Å². The summed E-state index contributed by atoms with van der Waals surface area (Å²) in [6, 6.07) is 9.90. The average Bonchev–Trinajstić information content (AvgIpc) is 2.26. The number of hydrogen-bond acceptors (Lipinski definition) is 0. The summed E-state index contributed by atoms with van der Waals surface area (Å²) >= 11 is 0. The van der Waals surface area contributed by atoms with Crippen LogP contribution in [-0.4, -0.2) is 0 Å². The lowest BCUT2D eigenvalue weighted by Gasteiger charge is -2.14. The van der Waals surface area contributed by atoms with E-state index in [9.17, 15) is 13.2 Å². The van der Waals surface area contributed by atoms with Gasteiger partial charge < -0.3 is 0 Å². The second kappa shape index (κ2) is 3.81. The van der Waals surface area contributed by atoms with Crippen molar-refractivity contribution in [3.8, 4) is 0 Å². The number of alkyl halides is 3. The third kappa shape index (κ3) is 1.77. The molecule has 16 heavy (non-hydrogen) atoms. The number of benzene rings is 2. The number of rotatable bonds is 1. The maximum atomic E-state index is 13.0. The molecule has 0 unspecified atom stereocenters. The molecule has 0 aliphatic rings. The molecule has 0 heterocycles. The van der Waals surface area contributed by atoms with Gasteiger partial charge in [-0.25, -0.2) is 0 Å². The topological polar surface area (TPSA) is 0 Å². The Bertz CT molecular complexity index is 512. The molecular formula is C13H11F3. The Labute approximate surface area is 91.7 Å². The minimum Gasteiger partial charge on any atom is -0.166 e. The first-order chi connectivity index (χ1) is 7.54. The molecule has 2 rings (SSSR count). The van der Waals surface area contributed by atoms with E-state index in [1.54, 1.807) is 37.3 Å². The van der Waals surface area contributed by atoms with Crippen molar-refractivity contribution in [1.29, 1.82) is 0 Å². The summed E-state index contributed by atoms with van der Waals surface area (Å²) < 4.78 is 38.9. The minimum atomic E-state index is -4.29. The number of halogens is 3. The minimum absolute atomic E-state index is 0.286. The SMILES string of the molecule is CCc1ccc2ccccc2c1C(F)(F)F. The Morgan fingerprint density at radius 2 is 1.69 bits per heavy atom. The largest absolute Gasteiger partial charge is 0.417 e. The maximum absolute atomic E-state index is 13.0. The van der Waals surface area contributed by atoms with Gasteiger partial charge in [0.1, 0.15) is 0 Å². The number of hydrogen-bond donors (Lipinski definition) is 0. The van der Waals surface area contributed by atoms with Gasteiger partial charge >= 0.3 is 6.18 Å². The van der Waals surface area contributed by atoms with Crippen LogP contribution in [-0.2, 0) is 12.6 Å². The molecule has 0 nitrogen and oxygen atoms in total. The summed E-state index contributed by atoms with van der Waals surface area (Å²) in [5.74, 6) is 0. The van der Waals surface area contributed by atoms with Crippen molar-refractivity contribution in [3.05, 3.63) is 47.5 Å². The van der Waals surface area contributed by atoms with Gasteiger partial charge in [0.25, 0.3) is 0 Å². The zero-order valence-electron chi connectivity index (χ0n) is 8.81. The number of aryl methyl sites for hydroxylation is 1. The lowest BCUT2D eigenvalue weighted by molar-refractivity contribution is -0.136. The van der Waals surface area contributed by atoms with Crippen LogP contribution in [0, 0.1) is 0 Å². The summed E-state index contributed by atoms with van der Waals surface area (Å²) in [7, 11) is 0. The van der Waals surface area contributed by atoms with Crippen molar-refractivity contribution in [1.82, 2.24) is 0 Å². The van der Waals surface area contributed by atoms with Gasteiger partial charge in [-0.15, -0.1) is 0 Å². The highest BCUT2D eigenvalue weighted by atomic mass is 19.4. The van der Waals surface area contributed by atoms with Crippen LogP contribution in [0.2, 0.25) is 0 Å². The Hall–Kier alpha value is -1.51. The van der Waals surface area contributed by atoms with Gasteiger partial charge in [0.15, 0.2) is 0 Å². The van der Waals surface area contributed by atoms with Gasteiger partial charge in [-0.05, 0) is 22.8 Å². The average molecular weight is 224 g/mol. The third-order valence-electron chi connectivity index (χ3n) is 2.68. The fourth-order valence-corrected chi connectivity index (χ4v) is 1.95. The van der Waals surface area contributed by atoms with Gasteiger partial charge in [-0.2, -0.15) is 13.2 Å². The molecule has 0 fully saturated rings. The molecule has 0 saturated carbocycles. The van der Waals surface area contributed by atoms with Crippen molar-refractivity contribution in [3.63, 3.8) is 0 Å². The van der Waals surface area contributed by atoms with E-state index in [0.717, 1.165) is 0 Å². The highest BCUT2D eigenvalue weighted by molar-refractivity contribution is 5.87. The first kappa shape index (κ1) is 11.0. The normalized spacial score (nSPS) is 12.0. The van der Waals surface area contributed by atoms with Crippen LogP contribution in [0.25, 0.3) is 10.8 Å². The first-order valence-corrected chi connectivity index (χ1v) is 5.12. The smallest absolute Gasteiger partial charge is 0.166 e. The lowest BCUT2D eigenvalue weighted by Crippen LogP contribution is -2.09. The highest BCUT2D eigenvalue weighted by Crippen LogP contribution is 2.37. The Balaban J connectivity index is 2.84. The quantitative estimate of drug-likeness (QED) is 0.672. The molecule has 0 radical (unpaired) electrons. The fourth-order valence-electron chi connectivity index (χ4n) is 1.95. The van der Waals surface area contributed by atoms with E-state index < -0.39 is 11.7 Å². The van der Waals surface area contributed by atoms with Crippen molar-refractivity contribution >= 4 is 10.8 Å². The van der Waals surface area contributed by atoms with Crippen molar-refractivity contribution in [2.75, 3.05) is 0 Å². The molecule has 0 atom stereocenters. The molecule has 2 aromatic rings. The van der Waals surface area contributed by atoms with Crippen molar-refractivity contribution in [2.45, 2.75) is 19.5 Å². The van der Waals surface area contributed by atoms with Crippen LogP contribution >= 0.6 is 0 Å². The summed E-state index contributed by atoms with van der Waals surface area (Å²) in [4.78, 5) is 0. The Morgan fingerprint density at radius 3 is 2.31 bits per heavy atom. The van der Waals surface area contributed by atoms with Gasteiger partial charge in [-0.3, -0.25) is 0 Å². The highest BCUT2D eigenvalue weighted by Gasteiger charge is 2.34. The molecule has 0 bridgehead atoms. The van der Waals surface area contributed by atoms with E-state index in [-0.39, 0.29) is 5.39 Å². The predicted octanol–water partition coefficient (Wildman–Crippen LogP) is 4.42. The molecule has 0 N–H and O–H groups in total. The van der Waals surface area contributed by atoms with Gasteiger partial charge in [0.2, 0.25) is 0 Å². The molecular weight excluding hydrogens is 213 g/mol. The lowest BCUT2D eigenvalue weighted by atomic mass is 9.97. The summed E-state index contributed by atoms with van der Waals surface area (Å²) in [5.41, 5.74) is -0.140. The van der Waals surface area contributed by atoms with Crippen LogP contribution in [0.1, 0.15) is 18.1 Å². The third-order valence-corrected chi connectivity index (χ3v) is 2.68. The monoisotopic (exact) mass is 224 g/mol. The zero-order chi connectivity index (χ0) is 11.8. The zero-order valence-corrected chi connectivity index (χ0v) is 8.81. The summed E-state index contributed by atoms with van der Waals surface area (Å²) in [6.07, 6.45) is -3.90. The second-order valence-corrected chi connectivity index (χ2v) is 3.67. The van der Waals surface area contributed by atoms with E-state index in [4.69, 9.17) is 0 Å². The molecule has 0 spiro atoms. The molecule has 0 aromatic heterocycles. The molecule has 3 heteroatoms. The molecule has 84 valence electrons. The van der Waals surface area contributed by atoms with Crippen LogP contribution < -0.4 is 0 Å². The Morgan fingerprint density at radius 1 is 1.00 bits per heavy atom. The van der Waals surface area contributed by atoms with E-state index in [0.29, 0.717) is 17.4 Å². The van der Waals surface area contributed by atoms with Crippen LogP contribution in [0.15, 0.2) is 36.4 Å². The summed E-state index contributed by atoms with van der Waals surface area (Å²) in [5, 5.41) is 0.918. The first-order valence-electron chi connectivity index (χ1n) is 5.12. The van der Waals surface area contributed by atoms with E-state index in [1.165, 1.54) is 6.07 Å². The molecule has 0 amide bonds. The molecule has 2 aromatic carbocycles. The van der Waals surface area contributed by atoms with E-state index in [2.05, 4.69) is 0 Å². The van der Waals surface area contributed by atoms with Crippen LogP contribution in [0.5, 0.6) is 0 Å². The van der Waals surface area contributed by atoms with Gasteiger partial charge in [0.05, 0.1) is 5.56 Å².